The molecule has 0 bridgehead atoms. The highest BCUT2D eigenvalue weighted by molar-refractivity contribution is 9.10. The lowest BCUT2D eigenvalue weighted by Crippen LogP contribution is -2.50. The Kier molecular flexibility index (Phi) is 6.60. The van der Waals surface area contributed by atoms with Gasteiger partial charge in [0.1, 0.15) is 4.21 Å². The van der Waals surface area contributed by atoms with E-state index < -0.39 is 10.0 Å². The third-order valence-electron chi connectivity index (χ3n) is 4.24. The van der Waals surface area contributed by atoms with Crippen LogP contribution in [0.5, 0.6) is 0 Å². The summed E-state index contributed by atoms with van der Waals surface area (Å²) in [7, 11) is -3.52. The first kappa shape index (κ1) is 20.8. The Morgan fingerprint density at radius 2 is 1.93 bits per heavy atom. The molecule has 0 radical (unpaired) electrons. The van der Waals surface area contributed by atoms with Crippen molar-refractivity contribution in [3.8, 4) is 0 Å². The van der Waals surface area contributed by atoms with E-state index in [1.165, 1.54) is 10.4 Å². The van der Waals surface area contributed by atoms with Gasteiger partial charge in [-0.25, -0.2) is 8.42 Å². The number of amides is 1. The van der Waals surface area contributed by atoms with Gasteiger partial charge < -0.3 is 5.32 Å². The lowest BCUT2D eigenvalue weighted by molar-refractivity contribution is -0.117. The number of aryl methyl sites for hydroxylation is 1. The van der Waals surface area contributed by atoms with Crippen LogP contribution in [-0.4, -0.2) is 56.3 Å². The van der Waals surface area contributed by atoms with Crippen LogP contribution in [-0.2, 0) is 14.8 Å². The van der Waals surface area contributed by atoms with Gasteiger partial charge in [0, 0.05) is 30.7 Å². The number of halogens is 2. The van der Waals surface area contributed by atoms with Crippen molar-refractivity contribution in [3.63, 3.8) is 0 Å². The maximum absolute atomic E-state index is 12.6. The molecule has 1 aliphatic heterocycles. The van der Waals surface area contributed by atoms with Crippen molar-refractivity contribution >= 4 is 60.5 Å². The van der Waals surface area contributed by atoms with Crippen LogP contribution in [0, 0.1) is 6.92 Å². The third kappa shape index (κ3) is 5.10. The smallest absolute Gasteiger partial charge is 0.252 e. The Balaban J connectivity index is 1.54. The molecule has 146 valence electrons. The fraction of sp³-hybridized carbons (Fsp3) is 0.353. The number of benzene rings is 1. The summed E-state index contributed by atoms with van der Waals surface area (Å²) in [6, 6.07) is 8.84. The average molecular weight is 493 g/mol. The number of carbonyl (C=O) groups is 1. The normalized spacial score (nSPS) is 16.4. The quantitative estimate of drug-likeness (QED) is 0.694. The number of rotatable bonds is 5. The highest BCUT2D eigenvalue weighted by Gasteiger charge is 2.30. The van der Waals surface area contributed by atoms with Gasteiger partial charge in [-0.2, -0.15) is 4.31 Å². The van der Waals surface area contributed by atoms with Crippen molar-refractivity contribution in [3.05, 3.63) is 44.7 Å². The van der Waals surface area contributed by atoms with Crippen molar-refractivity contribution in [2.75, 3.05) is 38.0 Å². The number of carbonyl (C=O) groups excluding carboxylic acids is 1. The Morgan fingerprint density at radius 1 is 1.22 bits per heavy atom. The molecule has 3 rings (SSSR count). The van der Waals surface area contributed by atoms with Crippen molar-refractivity contribution in [2.24, 2.45) is 0 Å². The van der Waals surface area contributed by atoms with Gasteiger partial charge in [-0.05, 0) is 52.7 Å². The first-order valence-corrected chi connectivity index (χ1v) is 11.7. The average Bonchev–Trinajstić information content (AvgIpc) is 3.05. The predicted octanol–water partition coefficient (Wildman–Crippen LogP) is 3.42. The maximum Gasteiger partial charge on any atom is 0.252 e. The zero-order valence-electron chi connectivity index (χ0n) is 14.6. The van der Waals surface area contributed by atoms with Crippen LogP contribution >= 0.6 is 38.9 Å². The number of thiophene rings is 1. The van der Waals surface area contributed by atoms with Crippen molar-refractivity contribution in [2.45, 2.75) is 11.1 Å². The lowest BCUT2D eigenvalue weighted by atomic mass is 10.2. The Hall–Kier alpha value is -0.970. The van der Waals surface area contributed by atoms with Gasteiger partial charge in [-0.1, -0.05) is 17.7 Å². The molecule has 2 heterocycles. The minimum Gasteiger partial charge on any atom is -0.324 e. The van der Waals surface area contributed by atoms with Crippen LogP contribution in [0.2, 0.25) is 4.34 Å². The van der Waals surface area contributed by atoms with Crippen LogP contribution in [0.4, 0.5) is 5.69 Å². The van der Waals surface area contributed by atoms with Crippen LogP contribution in [0.15, 0.2) is 39.0 Å². The van der Waals surface area contributed by atoms with Gasteiger partial charge in [0.05, 0.1) is 16.6 Å². The Bertz CT molecular complexity index is 941. The summed E-state index contributed by atoms with van der Waals surface area (Å²) in [6.45, 7) is 3.90. The van der Waals surface area contributed by atoms with Gasteiger partial charge >= 0.3 is 0 Å². The first-order chi connectivity index (χ1) is 12.8. The molecule has 1 fully saturated rings. The summed E-state index contributed by atoms with van der Waals surface area (Å²) in [5, 5.41) is 2.88. The second kappa shape index (κ2) is 8.59. The number of piperazine rings is 1. The summed E-state index contributed by atoms with van der Waals surface area (Å²) >= 11 is 10.4. The number of hydrogen-bond donors (Lipinski definition) is 1. The summed E-state index contributed by atoms with van der Waals surface area (Å²) in [4.78, 5) is 14.3. The molecule has 1 saturated heterocycles. The zero-order valence-corrected chi connectivity index (χ0v) is 18.6. The number of nitrogens with one attached hydrogen (secondary N) is 1. The minimum absolute atomic E-state index is 0.124. The number of nitrogens with zero attached hydrogens (tertiary/aromatic N) is 2. The Morgan fingerprint density at radius 3 is 2.52 bits per heavy atom. The molecule has 1 aromatic heterocycles. The molecule has 0 spiro atoms. The molecule has 0 atom stereocenters. The van der Waals surface area contributed by atoms with E-state index in [1.54, 1.807) is 6.07 Å². The number of sulfonamides is 1. The fourth-order valence-electron chi connectivity index (χ4n) is 2.81. The molecule has 10 heteroatoms. The van der Waals surface area contributed by atoms with Crippen LogP contribution in [0.25, 0.3) is 0 Å². The molecule has 6 nitrogen and oxygen atoms in total. The molecule has 1 aromatic carbocycles. The highest BCUT2D eigenvalue weighted by Crippen LogP contribution is 2.28. The van der Waals surface area contributed by atoms with Gasteiger partial charge in [-0.3, -0.25) is 9.69 Å². The molecule has 1 N–H and O–H groups in total. The van der Waals surface area contributed by atoms with Crippen LogP contribution in [0.3, 0.4) is 0 Å². The molecule has 0 aliphatic carbocycles. The monoisotopic (exact) mass is 491 g/mol. The van der Waals surface area contributed by atoms with E-state index in [1.807, 2.05) is 30.0 Å². The van der Waals surface area contributed by atoms with Gasteiger partial charge in [0.25, 0.3) is 10.0 Å². The van der Waals surface area contributed by atoms with Crippen molar-refractivity contribution in [1.29, 1.82) is 0 Å². The zero-order chi connectivity index (χ0) is 19.6. The first-order valence-electron chi connectivity index (χ1n) is 8.29. The molecule has 2 aromatic rings. The standard InChI is InChI=1S/C17H19BrClN3O3S2/c1-12-2-3-14(13(18)10-12)20-16(23)11-21-6-8-22(9-7-21)27(24,25)17-5-4-15(19)26-17/h2-5,10H,6-9,11H2,1H3,(H,20,23). The summed E-state index contributed by atoms with van der Waals surface area (Å²) < 4.78 is 28.2. The molecular formula is C17H19BrClN3O3S2. The second-order valence-corrected chi connectivity index (χ2v) is 11.0. The lowest BCUT2D eigenvalue weighted by Gasteiger charge is -2.33. The van der Waals surface area contributed by atoms with E-state index in [0.29, 0.717) is 30.5 Å². The second-order valence-electron chi connectivity index (χ2n) is 6.27. The molecule has 1 aliphatic rings. The molecule has 1 amide bonds. The number of hydrogen-bond acceptors (Lipinski definition) is 5. The molecule has 0 saturated carbocycles. The minimum atomic E-state index is -3.52. The van der Waals surface area contributed by atoms with Crippen molar-refractivity contribution in [1.82, 2.24) is 9.21 Å². The topological polar surface area (TPSA) is 69.7 Å². The maximum atomic E-state index is 12.6. The van der Waals surface area contributed by atoms with E-state index in [4.69, 9.17) is 11.6 Å². The highest BCUT2D eigenvalue weighted by atomic mass is 79.9. The predicted molar refractivity (Wildman–Crippen MR) is 112 cm³/mol. The largest absolute Gasteiger partial charge is 0.324 e. The SMILES string of the molecule is Cc1ccc(NC(=O)CN2CCN(S(=O)(=O)c3ccc(Cl)s3)CC2)c(Br)c1. The van der Waals surface area contributed by atoms with Gasteiger partial charge in [0.15, 0.2) is 0 Å². The van der Waals surface area contributed by atoms with E-state index in [0.717, 1.165) is 27.1 Å². The third-order valence-corrected chi connectivity index (χ3v) is 8.49. The summed E-state index contributed by atoms with van der Waals surface area (Å²) in [5.41, 5.74) is 1.82. The summed E-state index contributed by atoms with van der Waals surface area (Å²) in [6.07, 6.45) is 0. The van der Waals surface area contributed by atoms with Crippen LogP contribution < -0.4 is 5.32 Å². The summed E-state index contributed by atoms with van der Waals surface area (Å²) in [5.74, 6) is -0.124. The fourth-order valence-corrected chi connectivity index (χ4v) is 6.46. The van der Waals surface area contributed by atoms with Crippen molar-refractivity contribution < 1.29 is 13.2 Å². The molecule has 0 unspecified atom stereocenters. The van der Waals surface area contributed by atoms with Crippen LogP contribution in [0.1, 0.15) is 5.56 Å². The van der Waals surface area contributed by atoms with E-state index in [-0.39, 0.29) is 16.7 Å². The number of anilines is 1. The van der Waals surface area contributed by atoms with E-state index >= 15 is 0 Å². The molecule has 27 heavy (non-hydrogen) atoms. The molecular weight excluding hydrogens is 474 g/mol. The van der Waals surface area contributed by atoms with Gasteiger partial charge in [0.2, 0.25) is 5.91 Å². The Labute approximate surface area is 176 Å². The van der Waals surface area contributed by atoms with E-state index in [9.17, 15) is 13.2 Å². The van der Waals surface area contributed by atoms with Gasteiger partial charge in [-0.15, -0.1) is 11.3 Å². The van der Waals surface area contributed by atoms with E-state index in [2.05, 4.69) is 21.2 Å².